The molecule has 0 spiro atoms. The second-order valence-corrected chi connectivity index (χ2v) is 7.56. The summed E-state index contributed by atoms with van der Waals surface area (Å²) in [4.78, 5) is 27.6. The topological polar surface area (TPSA) is 49.4 Å². The van der Waals surface area contributed by atoms with Gasteiger partial charge in [-0.05, 0) is 48.4 Å². The molecular formula is C19H18ClFN2O2S. The maximum Gasteiger partial charge on any atom is 0.325 e. The number of carbonyl (C=O) groups excluding carboxylic acids is 2. The lowest BCUT2D eigenvalue weighted by molar-refractivity contribution is -0.131. The number of carbonyl (C=O) groups is 2. The zero-order valence-electron chi connectivity index (χ0n) is 14.2. The van der Waals surface area contributed by atoms with E-state index < -0.39 is 11.6 Å². The first kappa shape index (κ1) is 18.7. The van der Waals surface area contributed by atoms with E-state index in [1.807, 2.05) is 19.1 Å². The van der Waals surface area contributed by atoms with Crippen molar-refractivity contribution in [2.45, 2.75) is 23.8 Å². The molecule has 0 unspecified atom stereocenters. The molecule has 26 heavy (non-hydrogen) atoms. The van der Waals surface area contributed by atoms with Gasteiger partial charge in [0.2, 0.25) is 0 Å². The Bertz CT molecular complexity index is 813. The smallest absolute Gasteiger partial charge is 0.319 e. The highest BCUT2D eigenvalue weighted by Gasteiger charge is 2.50. The fourth-order valence-electron chi connectivity index (χ4n) is 2.99. The molecule has 1 aliphatic heterocycles. The van der Waals surface area contributed by atoms with Crippen LogP contribution in [-0.4, -0.2) is 29.1 Å². The molecule has 4 nitrogen and oxygen atoms in total. The van der Waals surface area contributed by atoms with Crippen molar-refractivity contribution in [2.75, 3.05) is 12.3 Å². The summed E-state index contributed by atoms with van der Waals surface area (Å²) in [6, 6.07) is 12.7. The average molecular weight is 393 g/mol. The Morgan fingerprint density at radius 3 is 2.38 bits per heavy atom. The minimum Gasteiger partial charge on any atom is -0.319 e. The van der Waals surface area contributed by atoms with E-state index in [0.717, 1.165) is 4.90 Å². The van der Waals surface area contributed by atoms with Crippen LogP contribution in [0.2, 0.25) is 5.02 Å². The summed E-state index contributed by atoms with van der Waals surface area (Å²) in [5.74, 6) is -0.106. The van der Waals surface area contributed by atoms with E-state index in [1.165, 1.54) is 17.0 Å². The lowest BCUT2D eigenvalue weighted by Crippen LogP contribution is -2.43. The van der Waals surface area contributed by atoms with Crippen LogP contribution in [0.25, 0.3) is 0 Å². The Balaban J connectivity index is 1.71. The predicted octanol–water partition coefficient (Wildman–Crippen LogP) is 4.43. The van der Waals surface area contributed by atoms with E-state index in [4.69, 9.17) is 11.6 Å². The number of hydrogen-bond donors (Lipinski definition) is 1. The molecule has 3 amide bonds. The second-order valence-electron chi connectivity index (χ2n) is 5.96. The first-order valence-electron chi connectivity index (χ1n) is 8.25. The van der Waals surface area contributed by atoms with Crippen LogP contribution in [0.15, 0.2) is 53.4 Å². The van der Waals surface area contributed by atoms with Gasteiger partial charge in [0.1, 0.15) is 11.4 Å². The SMILES string of the molecule is CC[C@@]1(c2ccc(F)cc2)NC(=O)N(CCSc2ccc(Cl)cc2)C1=O. The molecule has 1 atom stereocenters. The fourth-order valence-corrected chi connectivity index (χ4v) is 3.95. The molecule has 0 saturated carbocycles. The minimum atomic E-state index is -1.13. The third-order valence-electron chi connectivity index (χ3n) is 4.44. The maximum atomic E-state index is 13.2. The molecule has 0 radical (unpaired) electrons. The largest absolute Gasteiger partial charge is 0.325 e. The highest BCUT2D eigenvalue weighted by atomic mass is 35.5. The quantitative estimate of drug-likeness (QED) is 0.584. The predicted molar refractivity (Wildman–Crippen MR) is 101 cm³/mol. The van der Waals surface area contributed by atoms with Gasteiger partial charge in [0.15, 0.2) is 0 Å². The molecule has 1 N–H and O–H groups in total. The molecule has 7 heteroatoms. The molecule has 1 aliphatic rings. The standard InChI is InChI=1S/C19H18ClFN2O2S/c1-2-19(13-3-7-15(21)8-4-13)17(24)23(18(25)22-19)11-12-26-16-9-5-14(20)6-10-16/h3-10H,2,11-12H2,1H3,(H,22,25)/t19-/m0/s1. The van der Waals surface area contributed by atoms with Crippen LogP contribution >= 0.6 is 23.4 Å². The van der Waals surface area contributed by atoms with Crippen LogP contribution in [0, 0.1) is 5.82 Å². The van der Waals surface area contributed by atoms with Gasteiger partial charge in [0.05, 0.1) is 0 Å². The van der Waals surface area contributed by atoms with Crippen LogP contribution in [0.1, 0.15) is 18.9 Å². The highest BCUT2D eigenvalue weighted by Crippen LogP contribution is 2.33. The molecule has 0 bridgehead atoms. The molecule has 2 aromatic rings. The van der Waals surface area contributed by atoms with Crippen LogP contribution in [-0.2, 0) is 10.3 Å². The third-order valence-corrected chi connectivity index (χ3v) is 5.68. The van der Waals surface area contributed by atoms with Crippen molar-refractivity contribution < 1.29 is 14.0 Å². The van der Waals surface area contributed by atoms with E-state index in [9.17, 15) is 14.0 Å². The van der Waals surface area contributed by atoms with E-state index in [-0.39, 0.29) is 11.7 Å². The summed E-state index contributed by atoms with van der Waals surface area (Å²) in [5, 5.41) is 3.46. The summed E-state index contributed by atoms with van der Waals surface area (Å²) in [5.41, 5.74) is -0.539. The summed E-state index contributed by atoms with van der Waals surface area (Å²) in [6.07, 6.45) is 0.393. The van der Waals surface area contributed by atoms with Crippen molar-refractivity contribution in [1.82, 2.24) is 10.2 Å². The zero-order chi connectivity index (χ0) is 18.7. The van der Waals surface area contributed by atoms with Gasteiger partial charge in [-0.25, -0.2) is 9.18 Å². The number of nitrogens with one attached hydrogen (secondary N) is 1. The van der Waals surface area contributed by atoms with E-state index in [2.05, 4.69) is 5.32 Å². The molecule has 3 rings (SSSR count). The number of amides is 3. The Labute approximate surface area is 160 Å². The molecule has 1 heterocycles. The number of thioether (sulfide) groups is 1. The Kier molecular flexibility index (Phi) is 5.53. The number of urea groups is 1. The van der Waals surface area contributed by atoms with Crippen LogP contribution in [0.5, 0.6) is 0 Å². The highest BCUT2D eigenvalue weighted by molar-refractivity contribution is 7.99. The number of nitrogens with zero attached hydrogens (tertiary/aromatic N) is 1. The van der Waals surface area contributed by atoms with Gasteiger partial charge >= 0.3 is 6.03 Å². The van der Waals surface area contributed by atoms with Crippen molar-refractivity contribution >= 4 is 35.3 Å². The normalized spacial score (nSPS) is 19.7. The number of hydrogen-bond acceptors (Lipinski definition) is 3. The minimum absolute atomic E-state index is 0.293. The third kappa shape index (κ3) is 3.57. The first-order chi connectivity index (χ1) is 12.5. The number of imide groups is 1. The number of benzene rings is 2. The Morgan fingerprint density at radius 2 is 1.77 bits per heavy atom. The second kappa shape index (κ2) is 7.68. The number of rotatable bonds is 6. The monoisotopic (exact) mass is 392 g/mol. The lowest BCUT2D eigenvalue weighted by Gasteiger charge is -2.25. The van der Waals surface area contributed by atoms with Crippen LogP contribution in [0.4, 0.5) is 9.18 Å². The molecular weight excluding hydrogens is 375 g/mol. The molecule has 1 saturated heterocycles. The van der Waals surface area contributed by atoms with Crippen molar-refractivity contribution in [3.8, 4) is 0 Å². The fraction of sp³-hybridized carbons (Fsp3) is 0.263. The molecule has 136 valence electrons. The maximum absolute atomic E-state index is 13.2. The Hall–Kier alpha value is -2.05. The summed E-state index contributed by atoms with van der Waals surface area (Å²) < 4.78 is 13.2. The van der Waals surface area contributed by atoms with Crippen LogP contribution < -0.4 is 5.32 Å². The van der Waals surface area contributed by atoms with Gasteiger partial charge in [-0.2, -0.15) is 0 Å². The van der Waals surface area contributed by atoms with Crippen molar-refractivity contribution in [3.63, 3.8) is 0 Å². The van der Waals surface area contributed by atoms with Gasteiger partial charge in [0.25, 0.3) is 5.91 Å². The van der Waals surface area contributed by atoms with E-state index >= 15 is 0 Å². The number of halogens is 2. The van der Waals surface area contributed by atoms with E-state index in [0.29, 0.717) is 29.3 Å². The van der Waals surface area contributed by atoms with Crippen molar-refractivity contribution in [2.24, 2.45) is 0 Å². The van der Waals surface area contributed by atoms with Crippen molar-refractivity contribution in [3.05, 3.63) is 64.9 Å². The zero-order valence-corrected chi connectivity index (χ0v) is 15.7. The molecule has 1 fully saturated rings. The van der Waals surface area contributed by atoms with Gasteiger partial charge in [-0.1, -0.05) is 30.7 Å². The molecule has 0 aromatic heterocycles. The van der Waals surface area contributed by atoms with Gasteiger partial charge in [-0.3, -0.25) is 9.69 Å². The first-order valence-corrected chi connectivity index (χ1v) is 9.61. The average Bonchev–Trinajstić information content (AvgIpc) is 2.89. The molecule has 0 aliphatic carbocycles. The van der Waals surface area contributed by atoms with Crippen molar-refractivity contribution in [1.29, 1.82) is 0 Å². The van der Waals surface area contributed by atoms with Crippen LogP contribution in [0.3, 0.4) is 0 Å². The summed E-state index contributed by atoms with van der Waals surface area (Å²) in [7, 11) is 0. The summed E-state index contributed by atoms with van der Waals surface area (Å²) >= 11 is 7.41. The van der Waals surface area contributed by atoms with Gasteiger partial charge in [-0.15, -0.1) is 11.8 Å². The van der Waals surface area contributed by atoms with Gasteiger partial charge < -0.3 is 5.32 Å². The Morgan fingerprint density at radius 1 is 1.12 bits per heavy atom. The summed E-state index contributed by atoms with van der Waals surface area (Å²) in [6.45, 7) is 2.12. The lowest BCUT2D eigenvalue weighted by atomic mass is 9.87. The van der Waals surface area contributed by atoms with E-state index in [1.54, 1.807) is 36.0 Å². The molecule has 2 aromatic carbocycles. The van der Waals surface area contributed by atoms with Gasteiger partial charge in [0, 0.05) is 22.2 Å².